The zero-order valence-electron chi connectivity index (χ0n) is 8.14. The Hall–Kier alpha value is -2.08. The molecule has 0 unspecified atom stereocenters. The van der Waals surface area contributed by atoms with Gasteiger partial charge in [-0.3, -0.25) is 0 Å². The Morgan fingerprint density at radius 2 is 2.19 bits per heavy atom. The van der Waals surface area contributed by atoms with Crippen LogP contribution in [0.25, 0.3) is 22.6 Å². The Bertz CT molecular complexity index is 658. The Morgan fingerprint density at radius 1 is 1.31 bits per heavy atom. The molecule has 0 atom stereocenters. The molecule has 3 aromatic rings. The third-order valence-electron chi connectivity index (χ3n) is 2.23. The fourth-order valence-corrected chi connectivity index (χ4v) is 2.06. The lowest BCUT2D eigenvalue weighted by Crippen LogP contribution is -1.83. The molecule has 2 heterocycles. The van der Waals surface area contributed by atoms with E-state index in [-0.39, 0.29) is 5.75 Å². The molecule has 0 amide bonds. The van der Waals surface area contributed by atoms with Crippen LogP contribution in [-0.4, -0.2) is 20.1 Å². The third kappa shape index (κ3) is 1.40. The maximum atomic E-state index is 9.33. The van der Waals surface area contributed by atoms with Crippen molar-refractivity contribution in [1.29, 1.82) is 0 Å². The number of aromatic hydroxyl groups is 1. The molecule has 16 heavy (non-hydrogen) atoms. The lowest BCUT2D eigenvalue weighted by molar-refractivity contribution is 0.476. The molecule has 0 spiro atoms. The number of H-pyrrole nitrogens is 1. The number of aromatic nitrogens is 3. The van der Waals surface area contributed by atoms with Crippen LogP contribution < -0.4 is 5.73 Å². The van der Waals surface area contributed by atoms with Gasteiger partial charge in [0.2, 0.25) is 0 Å². The molecule has 80 valence electrons. The van der Waals surface area contributed by atoms with Crippen LogP contribution in [0.4, 0.5) is 5.13 Å². The van der Waals surface area contributed by atoms with Gasteiger partial charge in [-0.15, -0.1) is 11.3 Å². The SMILES string of the molecule is Nc1nc(-c2nc3ccc(O)cc3[nH]2)cs1. The number of fused-ring (bicyclic) bond motifs is 1. The second kappa shape index (κ2) is 3.21. The van der Waals surface area contributed by atoms with Crippen LogP contribution in [0.2, 0.25) is 0 Å². The van der Waals surface area contributed by atoms with Gasteiger partial charge in [-0.25, -0.2) is 9.97 Å². The summed E-state index contributed by atoms with van der Waals surface area (Å²) >= 11 is 1.37. The molecule has 0 radical (unpaired) electrons. The molecule has 1 aromatic carbocycles. The molecule has 0 saturated carbocycles. The smallest absolute Gasteiger partial charge is 0.180 e. The van der Waals surface area contributed by atoms with Gasteiger partial charge in [-0.2, -0.15) is 0 Å². The minimum atomic E-state index is 0.209. The van der Waals surface area contributed by atoms with E-state index in [9.17, 15) is 5.11 Å². The van der Waals surface area contributed by atoms with Gasteiger partial charge < -0.3 is 15.8 Å². The molecular weight excluding hydrogens is 224 g/mol. The zero-order valence-corrected chi connectivity index (χ0v) is 8.95. The highest BCUT2D eigenvalue weighted by Crippen LogP contribution is 2.24. The summed E-state index contributed by atoms with van der Waals surface area (Å²) in [6.45, 7) is 0. The quantitative estimate of drug-likeness (QED) is 0.598. The summed E-state index contributed by atoms with van der Waals surface area (Å²) in [4.78, 5) is 11.6. The highest BCUT2D eigenvalue weighted by atomic mass is 32.1. The molecule has 0 aliphatic carbocycles. The lowest BCUT2D eigenvalue weighted by Gasteiger charge is -1.88. The Kier molecular flexibility index (Phi) is 1.84. The van der Waals surface area contributed by atoms with Crippen LogP contribution >= 0.6 is 11.3 Å². The number of phenols is 1. The monoisotopic (exact) mass is 232 g/mol. The zero-order chi connectivity index (χ0) is 11.1. The number of imidazole rings is 1. The summed E-state index contributed by atoms with van der Waals surface area (Å²) in [7, 11) is 0. The molecular formula is C10H8N4OS. The molecule has 0 saturated heterocycles. The van der Waals surface area contributed by atoms with Gasteiger partial charge in [0, 0.05) is 11.4 Å². The number of nitrogen functional groups attached to an aromatic ring is 1. The summed E-state index contributed by atoms with van der Waals surface area (Å²) in [6, 6.07) is 4.98. The predicted molar refractivity (Wildman–Crippen MR) is 63.3 cm³/mol. The number of anilines is 1. The van der Waals surface area contributed by atoms with Crippen molar-refractivity contribution in [2.75, 3.05) is 5.73 Å². The van der Waals surface area contributed by atoms with E-state index in [4.69, 9.17) is 5.73 Å². The first kappa shape index (κ1) is 9.17. The van der Waals surface area contributed by atoms with Crippen molar-refractivity contribution in [3.8, 4) is 17.3 Å². The Morgan fingerprint density at radius 3 is 2.94 bits per heavy atom. The van der Waals surface area contributed by atoms with Crippen LogP contribution in [0.15, 0.2) is 23.6 Å². The maximum Gasteiger partial charge on any atom is 0.180 e. The number of nitrogens with one attached hydrogen (secondary N) is 1. The first-order chi connectivity index (χ1) is 7.72. The summed E-state index contributed by atoms with van der Waals surface area (Å²) in [6.07, 6.45) is 0. The van der Waals surface area contributed by atoms with Crippen LogP contribution in [-0.2, 0) is 0 Å². The van der Waals surface area contributed by atoms with E-state index in [1.807, 2.05) is 5.38 Å². The van der Waals surface area contributed by atoms with Gasteiger partial charge >= 0.3 is 0 Å². The number of nitrogens with zero attached hydrogens (tertiary/aromatic N) is 2. The molecule has 5 nitrogen and oxygen atoms in total. The molecule has 3 rings (SSSR count). The van der Waals surface area contributed by atoms with Gasteiger partial charge in [0.05, 0.1) is 11.0 Å². The highest BCUT2D eigenvalue weighted by molar-refractivity contribution is 7.13. The van der Waals surface area contributed by atoms with E-state index in [0.717, 1.165) is 16.7 Å². The van der Waals surface area contributed by atoms with Crippen LogP contribution in [0, 0.1) is 0 Å². The minimum Gasteiger partial charge on any atom is -0.508 e. The summed E-state index contributed by atoms with van der Waals surface area (Å²) in [5.41, 5.74) is 7.85. The number of nitrogens with two attached hydrogens (primary N) is 1. The largest absolute Gasteiger partial charge is 0.508 e. The molecule has 4 N–H and O–H groups in total. The number of phenolic OH excluding ortho intramolecular Hbond substituents is 1. The fourth-order valence-electron chi connectivity index (χ4n) is 1.52. The van der Waals surface area contributed by atoms with Gasteiger partial charge in [-0.1, -0.05) is 0 Å². The van der Waals surface area contributed by atoms with Crippen molar-refractivity contribution >= 4 is 27.5 Å². The minimum absolute atomic E-state index is 0.209. The van der Waals surface area contributed by atoms with E-state index in [1.165, 1.54) is 11.3 Å². The van der Waals surface area contributed by atoms with Gasteiger partial charge in [0.15, 0.2) is 11.0 Å². The van der Waals surface area contributed by atoms with E-state index < -0.39 is 0 Å². The van der Waals surface area contributed by atoms with E-state index >= 15 is 0 Å². The number of benzene rings is 1. The Labute approximate surface area is 94.6 Å². The van der Waals surface area contributed by atoms with E-state index in [0.29, 0.717) is 11.0 Å². The van der Waals surface area contributed by atoms with Crippen LogP contribution in [0.5, 0.6) is 5.75 Å². The van der Waals surface area contributed by atoms with Gasteiger partial charge in [0.1, 0.15) is 11.4 Å². The topological polar surface area (TPSA) is 87.8 Å². The molecule has 0 aliphatic heterocycles. The fraction of sp³-hybridized carbons (Fsp3) is 0. The predicted octanol–water partition coefficient (Wildman–Crippen LogP) is 1.97. The number of aromatic amines is 1. The third-order valence-corrected chi connectivity index (χ3v) is 2.90. The van der Waals surface area contributed by atoms with Crippen LogP contribution in [0.1, 0.15) is 0 Å². The molecule has 0 aliphatic rings. The molecule has 0 fully saturated rings. The summed E-state index contributed by atoms with van der Waals surface area (Å²) in [5, 5.41) is 11.7. The molecule has 6 heteroatoms. The van der Waals surface area contributed by atoms with Crippen molar-refractivity contribution in [1.82, 2.24) is 15.0 Å². The maximum absolute atomic E-state index is 9.33. The summed E-state index contributed by atoms with van der Waals surface area (Å²) in [5.74, 6) is 0.869. The highest BCUT2D eigenvalue weighted by Gasteiger charge is 2.08. The molecule has 0 bridgehead atoms. The Balaban J connectivity index is 2.18. The number of hydrogen-bond donors (Lipinski definition) is 3. The van der Waals surface area contributed by atoms with Gasteiger partial charge in [-0.05, 0) is 12.1 Å². The van der Waals surface area contributed by atoms with Crippen molar-refractivity contribution in [2.24, 2.45) is 0 Å². The second-order valence-electron chi connectivity index (χ2n) is 3.36. The second-order valence-corrected chi connectivity index (χ2v) is 4.25. The number of hydrogen-bond acceptors (Lipinski definition) is 5. The first-order valence-electron chi connectivity index (χ1n) is 4.62. The standard InChI is InChI=1S/C10H8N4OS/c11-10-14-8(4-16-10)9-12-6-2-1-5(15)3-7(6)13-9/h1-4,15H,(H2,11,14)(H,12,13). The number of thiazole rings is 1. The van der Waals surface area contributed by atoms with Crippen molar-refractivity contribution in [2.45, 2.75) is 0 Å². The summed E-state index contributed by atoms with van der Waals surface area (Å²) < 4.78 is 0. The average molecular weight is 232 g/mol. The van der Waals surface area contributed by atoms with Crippen molar-refractivity contribution in [3.05, 3.63) is 23.6 Å². The molecule has 2 aromatic heterocycles. The lowest BCUT2D eigenvalue weighted by atomic mass is 10.3. The van der Waals surface area contributed by atoms with Gasteiger partial charge in [0.25, 0.3) is 0 Å². The normalized spacial score (nSPS) is 11.0. The van der Waals surface area contributed by atoms with E-state index in [2.05, 4.69) is 15.0 Å². The van der Waals surface area contributed by atoms with E-state index in [1.54, 1.807) is 18.2 Å². The average Bonchev–Trinajstić information content (AvgIpc) is 2.83. The first-order valence-corrected chi connectivity index (χ1v) is 5.50. The van der Waals surface area contributed by atoms with Crippen LogP contribution in [0.3, 0.4) is 0 Å². The number of rotatable bonds is 1. The van der Waals surface area contributed by atoms with Crippen molar-refractivity contribution < 1.29 is 5.11 Å². The van der Waals surface area contributed by atoms with Crippen molar-refractivity contribution in [3.63, 3.8) is 0 Å².